The van der Waals surface area contributed by atoms with E-state index in [2.05, 4.69) is 4.90 Å². The number of Topliss-reactive ketones (excluding diaryl/α,β-unsaturated/α-hetero) is 1. The highest BCUT2D eigenvalue weighted by molar-refractivity contribution is 5.99. The summed E-state index contributed by atoms with van der Waals surface area (Å²) in [5.41, 5.74) is 1.05. The van der Waals surface area contributed by atoms with Gasteiger partial charge in [-0.15, -0.1) is 0 Å². The zero-order valence-corrected chi connectivity index (χ0v) is 10.7. The van der Waals surface area contributed by atoms with Crippen molar-refractivity contribution in [1.29, 1.82) is 0 Å². The highest BCUT2D eigenvalue weighted by Crippen LogP contribution is 2.41. The maximum absolute atomic E-state index is 14.0. The Morgan fingerprint density at radius 2 is 1.94 bits per heavy atom. The quantitative estimate of drug-likeness (QED) is 0.748. The smallest absolute Gasteiger partial charge is 0.161 e. The standard InChI is InChI=1S/C15H18FNO/c1-10(18)13-6-3-7-14(16)15(13)17-8-11-4-2-5-12(11)9-17/h3,6-7,11-12H,2,4-5,8-9H2,1H3. The molecule has 1 aromatic carbocycles. The van der Waals surface area contributed by atoms with E-state index < -0.39 is 0 Å². The second-order valence-corrected chi connectivity index (χ2v) is 5.55. The zero-order valence-electron chi connectivity index (χ0n) is 10.7. The molecule has 1 aliphatic heterocycles. The third-order valence-corrected chi connectivity index (χ3v) is 4.41. The van der Waals surface area contributed by atoms with E-state index in [9.17, 15) is 9.18 Å². The Morgan fingerprint density at radius 3 is 2.56 bits per heavy atom. The van der Waals surface area contributed by atoms with Gasteiger partial charge in [0.2, 0.25) is 0 Å². The number of hydrogen-bond acceptors (Lipinski definition) is 2. The summed E-state index contributed by atoms with van der Waals surface area (Å²) in [5.74, 6) is 1.08. The number of fused-ring (bicyclic) bond motifs is 1. The molecule has 18 heavy (non-hydrogen) atoms. The lowest BCUT2D eigenvalue weighted by atomic mass is 10.0. The summed E-state index contributed by atoms with van der Waals surface area (Å²) in [6, 6.07) is 4.80. The van der Waals surface area contributed by atoms with E-state index in [0.717, 1.165) is 13.1 Å². The summed E-state index contributed by atoms with van der Waals surface area (Å²) in [7, 11) is 0. The van der Waals surface area contributed by atoms with Crippen LogP contribution in [0.15, 0.2) is 18.2 Å². The van der Waals surface area contributed by atoms with Crippen LogP contribution in [0.3, 0.4) is 0 Å². The van der Waals surface area contributed by atoms with Crippen LogP contribution in [0.2, 0.25) is 0 Å². The molecule has 2 atom stereocenters. The largest absolute Gasteiger partial charge is 0.368 e. The monoisotopic (exact) mass is 247 g/mol. The SMILES string of the molecule is CC(=O)c1cccc(F)c1N1CC2CCCC2C1. The van der Waals surface area contributed by atoms with Gasteiger partial charge in [0.05, 0.1) is 5.69 Å². The Kier molecular flexibility index (Phi) is 2.84. The van der Waals surface area contributed by atoms with Crippen LogP contribution >= 0.6 is 0 Å². The first-order valence-corrected chi connectivity index (χ1v) is 6.71. The molecule has 0 spiro atoms. The lowest BCUT2D eigenvalue weighted by Gasteiger charge is -2.22. The highest BCUT2D eigenvalue weighted by atomic mass is 19.1. The molecule has 1 aliphatic carbocycles. The molecule has 1 saturated carbocycles. The van der Waals surface area contributed by atoms with E-state index in [1.807, 2.05) is 0 Å². The Hall–Kier alpha value is -1.38. The molecule has 3 heteroatoms. The number of para-hydroxylation sites is 1. The summed E-state index contributed by atoms with van der Waals surface area (Å²) >= 11 is 0. The fourth-order valence-corrected chi connectivity index (χ4v) is 3.54. The van der Waals surface area contributed by atoms with Crippen LogP contribution in [0.25, 0.3) is 0 Å². The number of carbonyl (C=O) groups excluding carboxylic acids is 1. The van der Waals surface area contributed by atoms with Crippen molar-refractivity contribution in [1.82, 2.24) is 0 Å². The lowest BCUT2D eigenvalue weighted by molar-refractivity contribution is 0.101. The maximum atomic E-state index is 14.0. The number of rotatable bonds is 2. The van der Waals surface area contributed by atoms with Gasteiger partial charge >= 0.3 is 0 Å². The molecule has 1 saturated heterocycles. The minimum atomic E-state index is -0.261. The minimum Gasteiger partial charge on any atom is -0.368 e. The molecule has 0 radical (unpaired) electrons. The predicted octanol–water partition coefficient (Wildman–Crippen LogP) is 3.26. The summed E-state index contributed by atoms with van der Waals surface area (Å²) in [4.78, 5) is 13.7. The Balaban J connectivity index is 1.95. The van der Waals surface area contributed by atoms with E-state index in [1.165, 1.54) is 32.3 Å². The normalized spacial score (nSPS) is 26.4. The molecular weight excluding hydrogens is 229 g/mol. The van der Waals surface area contributed by atoms with Crippen molar-refractivity contribution in [3.8, 4) is 0 Å². The molecule has 0 aromatic heterocycles. The van der Waals surface area contributed by atoms with Crippen molar-refractivity contribution in [3.63, 3.8) is 0 Å². The van der Waals surface area contributed by atoms with E-state index in [4.69, 9.17) is 0 Å². The second kappa shape index (κ2) is 4.38. The highest BCUT2D eigenvalue weighted by Gasteiger charge is 2.37. The molecule has 96 valence electrons. The van der Waals surface area contributed by atoms with Crippen LogP contribution in [-0.4, -0.2) is 18.9 Å². The summed E-state index contributed by atoms with van der Waals surface area (Å²) in [6.07, 6.45) is 3.82. The van der Waals surface area contributed by atoms with Gasteiger partial charge in [-0.1, -0.05) is 12.5 Å². The Bertz CT molecular complexity index is 473. The van der Waals surface area contributed by atoms with Crippen molar-refractivity contribution < 1.29 is 9.18 Å². The first-order chi connectivity index (χ1) is 8.66. The van der Waals surface area contributed by atoms with Gasteiger partial charge in [-0.25, -0.2) is 4.39 Å². The summed E-state index contributed by atoms with van der Waals surface area (Å²) in [5, 5.41) is 0. The number of anilines is 1. The number of halogens is 1. The molecule has 0 N–H and O–H groups in total. The number of carbonyl (C=O) groups is 1. The molecule has 2 unspecified atom stereocenters. The molecule has 2 fully saturated rings. The van der Waals surface area contributed by atoms with Gasteiger partial charge in [0, 0.05) is 18.7 Å². The van der Waals surface area contributed by atoms with Gasteiger partial charge in [0.15, 0.2) is 5.78 Å². The van der Waals surface area contributed by atoms with Gasteiger partial charge in [0.1, 0.15) is 5.82 Å². The maximum Gasteiger partial charge on any atom is 0.161 e. The lowest BCUT2D eigenvalue weighted by Crippen LogP contribution is -2.24. The minimum absolute atomic E-state index is 0.0541. The fourth-order valence-electron chi connectivity index (χ4n) is 3.54. The van der Waals surface area contributed by atoms with Gasteiger partial charge in [-0.2, -0.15) is 0 Å². The fraction of sp³-hybridized carbons (Fsp3) is 0.533. The summed E-state index contributed by atoms with van der Waals surface area (Å²) < 4.78 is 14.0. The number of nitrogens with zero attached hydrogens (tertiary/aromatic N) is 1. The van der Waals surface area contributed by atoms with Crippen LogP contribution in [0.5, 0.6) is 0 Å². The van der Waals surface area contributed by atoms with Gasteiger partial charge in [-0.05, 0) is 43.7 Å². The molecule has 0 bridgehead atoms. The topological polar surface area (TPSA) is 20.3 Å². The van der Waals surface area contributed by atoms with Gasteiger partial charge in [0.25, 0.3) is 0 Å². The molecule has 1 heterocycles. The van der Waals surface area contributed by atoms with E-state index >= 15 is 0 Å². The van der Waals surface area contributed by atoms with Gasteiger partial charge in [-0.3, -0.25) is 4.79 Å². The average molecular weight is 247 g/mol. The molecule has 2 aliphatic rings. The zero-order chi connectivity index (χ0) is 12.7. The molecule has 2 nitrogen and oxygen atoms in total. The van der Waals surface area contributed by atoms with E-state index in [1.54, 1.807) is 12.1 Å². The number of hydrogen-bond donors (Lipinski definition) is 0. The molecule has 0 amide bonds. The Labute approximate surface area is 107 Å². The number of ketones is 1. The van der Waals surface area contributed by atoms with Crippen LogP contribution < -0.4 is 4.90 Å². The van der Waals surface area contributed by atoms with Crippen LogP contribution in [-0.2, 0) is 0 Å². The van der Waals surface area contributed by atoms with Crippen LogP contribution in [0.1, 0.15) is 36.5 Å². The summed E-state index contributed by atoms with van der Waals surface area (Å²) in [6.45, 7) is 3.33. The predicted molar refractivity (Wildman–Crippen MR) is 69.4 cm³/mol. The van der Waals surface area contributed by atoms with E-state index in [-0.39, 0.29) is 11.6 Å². The van der Waals surface area contributed by atoms with Crippen molar-refractivity contribution >= 4 is 11.5 Å². The Morgan fingerprint density at radius 1 is 1.28 bits per heavy atom. The van der Waals surface area contributed by atoms with Crippen molar-refractivity contribution in [2.75, 3.05) is 18.0 Å². The van der Waals surface area contributed by atoms with Crippen molar-refractivity contribution in [2.45, 2.75) is 26.2 Å². The third-order valence-electron chi connectivity index (χ3n) is 4.41. The second-order valence-electron chi connectivity index (χ2n) is 5.55. The van der Waals surface area contributed by atoms with Gasteiger partial charge < -0.3 is 4.90 Å². The molecule has 1 aromatic rings. The average Bonchev–Trinajstić information content (AvgIpc) is 2.88. The first kappa shape index (κ1) is 11.7. The van der Waals surface area contributed by atoms with Crippen molar-refractivity contribution in [3.05, 3.63) is 29.6 Å². The molecule has 3 rings (SSSR count). The van der Waals surface area contributed by atoms with Crippen LogP contribution in [0.4, 0.5) is 10.1 Å². The molecular formula is C15H18FNO. The first-order valence-electron chi connectivity index (χ1n) is 6.71. The van der Waals surface area contributed by atoms with Crippen LogP contribution in [0, 0.1) is 17.7 Å². The van der Waals surface area contributed by atoms with E-state index in [0.29, 0.717) is 23.1 Å². The number of benzene rings is 1. The third kappa shape index (κ3) is 1.82. The van der Waals surface area contributed by atoms with Crippen molar-refractivity contribution in [2.24, 2.45) is 11.8 Å².